The topological polar surface area (TPSA) is 38.8 Å². The molecular formula is C20H29NO3. The van der Waals surface area contributed by atoms with E-state index in [2.05, 4.69) is 34.3 Å². The smallest absolute Gasteiger partial charge is 0.338 e. The van der Waals surface area contributed by atoms with Gasteiger partial charge in [-0.15, -0.1) is 6.58 Å². The highest BCUT2D eigenvalue weighted by molar-refractivity contribution is 5.89. The Hall–Kier alpha value is -1.65. The van der Waals surface area contributed by atoms with Crippen LogP contribution in [0.1, 0.15) is 57.8 Å². The van der Waals surface area contributed by atoms with E-state index in [1.54, 1.807) is 18.2 Å². The molecule has 0 N–H and O–H groups in total. The molecule has 1 aliphatic heterocycles. The average molecular weight is 331 g/mol. The third-order valence-electron chi connectivity index (χ3n) is 4.44. The van der Waals surface area contributed by atoms with Crippen molar-refractivity contribution in [2.24, 2.45) is 0 Å². The summed E-state index contributed by atoms with van der Waals surface area (Å²) in [6.45, 7) is 14.2. The van der Waals surface area contributed by atoms with Gasteiger partial charge in [0.1, 0.15) is 6.10 Å². The van der Waals surface area contributed by atoms with Gasteiger partial charge in [-0.1, -0.05) is 24.3 Å². The molecule has 1 heterocycles. The number of esters is 1. The first-order chi connectivity index (χ1) is 11.2. The van der Waals surface area contributed by atoms with Crippen LogP contribution in [0.3, 0.4) is 0 Å². The number of benzene rings is 1. The van der Waals surface area contributed by atoms with Crippen molar-refractivity contribution in [3.05, 3.63) is 48.6 Å². The maximum Gasteiger partial charge on any atom is 0.338 e. The average Bonchev–Trinajstić information content (AvgIpc) is 2.50. The zero-order valence-electron chi connectivity index (χ0n) is 15.4. The highest BCUT2D eigenvalue weighted by Gasteiger charge is 2.48. The Morgan fingerprint density at radius 3 is 2.25 bits per heavy atom. The quantitative estimate of drug-likeness (QED) is 0.593. The van der Waals surface area contributed by atoms with E-state index in [4.69, 9.17) is 9.57 Å². The van der Waals surface area contributed by atoms with Gasteiger partial charge in [-0.25, -0.2) is 4.79 Å². The monoisotopic (exact) mass is 331 g/mol. The number of carbonyl (C=O) groups is 1. The number of rotatable bonds is 5. The van der Waals surface area contributed by atoms with Crippen molar-refractivity contribution in [3.8, 4) is 0 Å². The van der Waals surface area contributed by atoms with Gasteiger partial charge in [0.05, 0.1) is 11.7 Å². The summed E-state index contributed by atoms with van der Waals surface area (Å²) in [5.74, 6) is -0.263. The van der Waals surface area contributed by atoms with Crippen LogP contribution in [-0.2, 0) is 9.57 Å². The van der Waals surface area contributed by atoms with Crippen LogP contribution in [0.4, 0.5) is 0 Å². The van der Waals surface area contributed by atoms with Gasteiger partial charge >= 0.3 is 5.97 Å². The van der Waals surface area contributed by atoms with Gasteiger partial charge in [-0.3, -0.25) is 4.84 Å². The van der Waals surface area contributed by atoms with Crippen LogP contribution >= 0.6 is 0 Å². The summed E-state index contributed by atoms with van der Waals surface area (Å²) in [6.07, 6.45) is 3.03. The van der Waals surface area contributed by atoms with Crippen molar-refractivity contribution in [2.75, 3.05) is 0 Å². The molecule has 24 heavy (non-hydrogen) atoms. The van der Waals surface area contributed by atoms with E-state index in [1.807, 2.05) is 30.2 Å². The highest BCUT2D eigenvalue weighted by Crippen LogP contribution is 2.40. The molecule has 0 aliphatic carbocycles. The maximum absolute atomic E-state index is 12.4. The minimum atomic E-state index is -0.263. The fourth-order valence-electron chi connectivity index (χ4n) is 3.54. The number of carbonyl (C=O) groups excluding carboxylic acids is 1. The van der Waals surface area contributed by atoms with E-state index in [-0.39, 0.29) is 29.3 Å². The predicted molar refractivity (Wildman–Crippen MR) is 95.6 cm³/mol. The second-order valence-corrected chi connectivity index (χ2v) is 7.77. The van der Waals surface area contributed by atoms with Crippen LogP contribution < -0.4 is 0 Å². The molecular weight excluding hydrogens is 302 g/mol. The Kier molecular flexibility index (Phi) is 5.51. The van der Waals surface area contributed by atoms with E-state index in [0.29, 0.717) is 5.56 Å². The van der Waals surface area contributed by atoms with E-state index in [0.717, 1.165) is 12.8 Å². The SMILES string of the molecule is C=CC(C)ON1C(C)(C)CC(OC(=O)c2ccccc2)CC1(C)C. The predicted octanol–water partition coefficient (Wildman–Crippen LogP) is 4.37. The third-order valence-corrected chi connectivity index (χ3v) is 4.44. The van der Waals surface area contributed by atoms with Gasteiger partial charge in [0.15, 0.2) is 0 Å². The van der Waals surface area contributed by atoms with E-state index in [1.165, 1.54) is 0 Å². The molecule has 0 saturated carbocycles. The van der Waals surface area contributed by atoms with Crippen molar-refractivity contribution >= 4 is 5.97 Å². The van der Waals surface area contributed by atoms with Gasteiger partial charge in [0.2, 0.25) is 0 Å². The van der Waals surface area contributed by atoms with Gasteiger partial charge < -0.3 is 4.74 Å². The molecule has 4 nitrogen and oxygen atoms in total. The lowest BCUT2D eigenvalue weighted by Crippen LogP contribution is -2.62. The van der Waals surface area contributed by atoms with Crippen LogP contribution in [0.2, 0.25) is 0 Å². The molecule has 0 spiro atoms. The maximum atomic E-state index is 12.4. The van der Waals surface area contributed by atoms with Gasteiger partial charge in [-0.2, -0.15) is 5.06 Å². The molecule has 0 aromatic heterocycles. The third kappa shape index (κ3) is 4.25. The lowest BCUT2D eigenvalue weighted by Gasteiger charge is -2.53. The number of nitrogens with zero attached hydrogens (tertiary/aromatic N) is 1. The summed E-state index contributed by atoms with van der Waals surface area (Å²) in [5, 5.41) is 2.04. The Balaban J connectivity index is 2.11. The molecule has 1 saturated heterocycles. The Bertz CT molecular complexity index is 562. The first-order valence-corrected chi connectivity index (χ1v) is 8.51. The molecule has 0 amide bonds. The number of hydrogen-bond acceptors (Lipinski definition) is 4. The van der Waals surface area contributed by atoms with Gasteiger partial charge in [-0.05, 0) is 46.8 Å². The summed E-state index contributed by atoms with van der Waals surface area (Å²) in [5.41, 5.74) is 0.0912. The zero-order chi connectivity index (χ0) is 18.0. The molecule has 1 atom stereocenters. The molecule has 1 fully saturated rings. The second kappa shape index (κ2) is 7.08. The number of piperidine rings is 1. The normalized spacial score (nSPS) is 21.9. The van der Waals surface area contributed by atoms with Crippen molar-refractivity contribution in [2.45, 2.75) is 70.7 Å². The standard InChI is InChI=1S/C20H29NO3/c1-7-15(2)24-21-19(3,4)13-17(14-20(21,5)6)23-18(22)16-11-9-8-10-12-16/h7-12,15,17H,1,13-14H2,2-6H3. The highest BCUT2D eigenvalue weighted by atomic mass is 16.7. The van der Waals surface area contributed by atoms with Crippen LogP contribution in [-0.4, -0.2) is 34.3 Å². The zero-order valence-corrected chi connectivity index (χ0v) is 15.4. The largest absolute Gasteiger partial charge is 0.459 e. The fraction of sp³-hybridized carbons (Fsp3) is 0.550. The molecule has 0 bridgehead atoms. The number of hydroxylamine groups is 2. The Labute approximate surface area is 145 Å². The first-order valence-electron chi connectivity index (χ1n) is 8.51. The number of ether oxygens (including phenoxy) is 1. The fourth-order valence-corrected chi connectivity index (χ4v) is 3.54. The second-order valence-electron chi connectivity index (χ2n) is 7.77. The molecule has 1 aromatic carbocycles. The van der Waals surface area contributed by atoms with Crippen molar-refractivity contribution in [1.82, 2.24) is 5.06 Å². The van der Waals surface area contributed by atoms with E-state index in [9.17, 15) is 4.79 Å². The molecule has 0 radical (unpaired) electrons. The van der Waals surface area contributed by atoms with Crippen LogP contribution in [0.5, 0.6) is 0 Å². The number of hydrogen-bond donors (Lipinski definition) is 0. The first kappa shape index (κ1) is 18.7. The van der Waals surface area contributed by atoms with Crippen LogP contribution in [0, 0.1) is 0 Å². The molecule has 2 rings (SSSR count). The summed E-state index contributed by atoms with van der Waals surface area (Å²) < 4.78 is 5.79. The van der Waals surface area contributed by atoms with E-state index < -0.39 is 0 Å². The van der Waals surface area contributed by atoms with Crippen LogP contribution in [0.15, 0.2) is 43.0 Å². The summed E-state index contributed by atoms with van der Waals surface area (Å²) in [4.78, 5) is 18.4. The van der Waals surface area contributed by atoms with Crippen molar-refractivity contribution < 1.29 is 14.4 Å². The molecule has 1 aromatic rings. The van der Waals surface area contributed by atoms with Crippen molar-refractivity contribution in [3.63, 3.8) is 0 Å². The lowest BCUT2D eigenvalue weighted by atomic mass is 9.80. The lowest BCUT2D eigenvalue weighted by molar-refractivity contribution is -0.303. The molecule has 4 heteroatoms. The van der Waals surface area contributed by atoms with E-state index >= 15 is 0 Å². The summed E-state index contributed by atoms with van der Waals surface area (Å²) >= 11 is 0. The van der Waals surface area contributed by atoms with Gasteiger partial charge in [0.25, 0.3) is 0 Å². The molecule has 132 valence electrons. The Morgan fingerprint density at radius 2 is 1.75 bits per heavy atom. The molecule has 1 unspecified atom stereocenters. The Morgan fingerprint density at radius 1 is 1.21 bits per heavy atom. The van der Waals surface area contributed by atoms with Gasteiger partial charge in [0, 0.05) is 23.9 Å². The molecule has 1 aliphatic rings. The minimum absolute atomic E-state index is 0.0630. The van der Waals surface area contributed by atoms with Crippen molar-refractivity contribution in [1.29, 1.82) is 0 Å². The van der Waals surface area contributed by atoms with Crippen LogP contribution in [0.25, 0.3) is 0 Å². The summed E-state index contributed by atoms with van der Waals surface area (Å²) in [6, 6.07) is 9.14. The minimum Gasteiger partial charge on any atom is -0.459 e. The summed E-state index contributed by atoms with van der Waals surface area (Å²) in [7, 11) is 0.